The van der Waals surface area contributed by atoms with Crippen LogP contribution in [0.1, 0.15) is 39.3 Å². The zero-order chi connectivity index (χ0) is 13.5. The summed E-state index contributed by atoms with van der Waals surface area (Å²) >= 11 is 0. The van der Waals surface area contributed by atoms with Crippen molar-refractivity contribution in [3.05, 3.63) is 18.0 Å². The van der Waals surface area contributed by atoms with Crippen LogP contribution in [-0.4, -0.2) is 36.1 Å². The Morgan fingerprint density at radius 2 is 2.16 bits per heavy atom. The van der Waals surface area contributed by atoms with Gasteiger partial charge in [-0.3, -0.25) is 0 Å². The summed E-state index contributed by atoms with van der Waals surface area (Å²) in [6.07, 6.45) is 4.46. The molecule has 1 unspecified atom stereocenters. The molecule has 1 spiro atoms. The van der Waals surface area contributed by atoms with Gasteiger partial charge in [-0.15, -0.1) is 0 Å². The molecular weight excluding hydrogens is 236 g/mol. The van der Waals surface area contributed by atoms with Gasteiger partial charge in [0.25, 0.3) is 0 Å². The van der Waals surface area contributed by atoms with Crippen LogP contribution in [0.5, 0.6) is 0 Å². The third-order valence-electron chi connectivity index (χ3n) is 4.46. The van der Waals surface area contributed by atoms with Crippen molar-refractivity contribution in [2.24, 2.45) is 5.41 Å². The van der Waals surface area contributed by atoms with E-state index in [9.17, 15) is 0 Å². The second-order valence-electron chi connectivity index (χ2n) is 7.09. The van der Waals surface area contributed by atoms with Crippen molar-refractivity contribution < 1.29 is 0 Å². The van der Waals surface area contributed by atoms with E-state index in [1.165, 1.54) is 12.8 Å². The van der Waals surface area contributed by atoms with Gasteiger partial charge in [0.15, 0.2) is 0 Å². The van der Waals surface area contributed by atoms with Gasteiger partial charge in [0.05, 0.1) is 5.69 Å². The molecule has 1 atom stereocenters. The maximum atomic E-state index is 4.77. The van der Waals surface area contributed by atoms with Crippen molar-refractivity contribution in [1.82, 2.24) is 15.3 Å². The van der Waals surface area contributed by atoms with Crippen LogP contribution in [0.4, 0.5) is 5.95 Å². The van der Waals surface area contributed by atoms with Crippen LogP contribution in [0.15, 0.2) is 12.3 Å². The highest BCUT2D eigenvalue weighted by Gasteiger charge is 2.41. The lowest BCUT2D eigenvalue weighted by Gasteiger charge is -2.24. The molecule has 104 valence electrons. The fourth-order valence-corrected chi connectivity index (χ4v) is 3.17. The van der Waals surface area contributed by atoms with Crippen LogP contribution in [-0.2, 0) is 5.41 Å². The summed E-state index contributed by atoms with van der Waals surface area (Å²) in [5, 5.41) is 3.50. The third kappa shape index (κ3) is 2.46. The molecule has 0 aliphatic carbocycles. The fourth-order valence-electron chi connectivity index (χ4n) is 3.17. The number of nitrogens with zero attached hydrogens (tertiary/aromatic N) is 3. The topological polar surface area (TPSA) is 41.1 Å². The first kappa shape index (κ1) is 12.9. The maximum absolute atomic E-state index is 4.77. The minimum atomic E-state index is 0.0873. The predicted octanol–water partition coefficient (Wildman–Crippen LogP) is 1.96. The molecular formula is C15H24N4. The molecule has 2 fully saturated rings. The average molecular weight is 260 g/mol. The molecule has 1 aromatic heterocycles. The van der Waals surface area contributed by atoms with E-state index in [4.69, 9.17) is 4.98 Å². The van der Waals surface area contributed by atoms with Gasteiger partial charge in [-0.25, -0.2) is 9.97 Å². The van der Waals surface area contributed by atoms with Crippen LogP contribution < -0.4 is 10.2 Å². The summed E-state index contributed by atoms with van der Waals surface area (Å²) in [7, 11) is 0. The zero-order valence-corrected chi connectivity index (χ0v) is 12.2. The molecule has 3 heterocycles. The molecule has 0 aromatic carbocycles. The molecule has 0 amide bonds. The minimum absolute atomic E-state index is 0.0873. The first-order chi connectivity index (χ1) is 8.99. The first-order valence-corrected chi connectivity index (χ1v) is 7.28. The molecule has 2 aliphatic heterocycles. The highest BCUT2D eigenvalue weighted by molar-refractivity contribution is 5.34. The summed E-state index contributed by atoms with van der Waals surface area (Å²) in [6, 6.07) is 2.03. The van der Waals surface area contributed by atoms with Gasteiger partial charge < -0.3 is 10.2 Å². The van der Waals surface area contributed by atoms with Crippen LogP contribution in [0.25, 0.3) is 0 Å². The van der Waals surface area contributed by atoms with Gasteiger partial charge >= 0.3 is 0 Å². The van der Waals surface area contributed by atoms with Crippen LogP contribution in [0.3, 0.4) is 0 Å². The Bertz CT molecular complexity index is 457. The van der Waals surface area contributed by atoms with Crippen molar-refractivity contribution in [2.75, 3.05) is 31.1 Å². The largest absolute Gasteiger partial charge is 0.340 e. The van der Waals surface area contributed by atoms with E-state index in [0.29, 0.717) is 5.41 Å². The number of hydrogen-bond acceptors (Lipinski definition) is 4. The van der Waals surface area contributed by atoms with Gasteiger partial charge in [-0.1, -0.05) is 20.8 Å². The Balaban J connectivity index is 1.80. The van der Waals surface area contributed by atoms with Crippen LogP contribution >= 0.6 is 0 Å². The molecule has 3 rings (SSSR count). The lowest BCUT2D eigenvalue weighted by Crippen LogP contribution is -2.30. The van der Waals surface area contributed by atoms with E-state index in [2.05, 4.69) is 36.0 Å². The first-order valence-electron chi connectivity index (χ1n) is 7.28. The number of rotatable bonds is 1. The van der Waals surface area contributed by atoms with Gasteiger partial charge in [0, 0.05) is 36.7 Å². The van der Waals surface area contributed by atoms with E-state index in [0.717, 1.165) is 37.8 Å². The monoisotopic (exact) mass is 260 g/mol. The Morgan fingerprint density at radius 3 is 2.84 bits per heavy atom. The Morgan fingerprint density at radius 1 is 1.32 bits per heavy atom. The van der Waals surface area contributed by atoms with E-state index < -0.39 is 0 Å². The van der Waals surface area contributed by atoms with E-state index >= 15 is 0 Å². The summed E-state index contributed by atoms with van der Waals surface area (Å²) in [5.41, 5.74) is 1.69. The second kappa shape index (κ2) is 4.44. The summed E-state index contributed by atoms with van der Waals surface area (Å²) in [4.78, 5) is 11.6. The Labute approximate surface area is 115 Å². The lowest BCUT2D eigenvalue weighted by atomic mass is 9.87. The van der Waals surface area contributed by atoms with Crippen LogP contribution in [0, 0.1) is 5.41 Å². The van der Waals surface area contributed by atoms with E-state index in [1.807, 2.05) is 12.3 Å². The molecule has 0 radical (unpaired) electrons. The van der Waals surface area contributed by atoms with Crippen molar-refractivity contribution >= 4 is 5.95 Å². The molecule has 2 aliphatic rings. The summed E-state index contributed by atoms with van der Waals surface area (Å²) < 4.78 is 0. The smallest absolute Gasteiger partial charge is 0.225 e. The Kier molecular flexibility index (Phi) is 3.01. The normalized spacial score (nSPS) is 27.4. The van der Waals surface area contributed by atoms with E-state index in [-0.39, 0.29) is 5.41 Å². The standard InChI is InChI=1S/C15H24N4/c1-14(2,3)12-4-7-17-13(18-12)19-9-6-15(11-19)5-8-16-10-15/h4,7,16H,5-6,8-11H2,1-3H3. The molecule has 0 saturated carbocycles. The molecule has 1 aromatic rings. The van der Waals surface area contributed by atoms with Crippen molar-refractivity contribution in [3.63, 3.8) is 0 Å². The highest BCUT2D eigenvalue weighted by Crippen LogP contribution is 2.37. The zero-order valence-electron chi connectivity index (χ0n) is 12.2. The predicted molar refractivity (Wildman–Crippen MR) is 77.5 cm³/mol. The molecule has 4 nitrogen and oxygen atoms in total. The van der Waals surface area contributed by atoms with Crippen molar-refractivity contribution in [3.8, 4) is 0 Å². The number of aromatic nitrogens is 2. The fraction of sp³-hybridized carbons (Fsp3) is 0.733. The molecule has 0 bridgehead atoms. The summed E-state index contributed by atoms with van der Waals surface area (Å²) in [5.74, 6) is 0.913. The van der Waals surface area contributed by atoms with Crippen molar-refractivity contribution in [1.29, 1.82) is 0 Å². The second-order valence-corrected chi connectivity index (χ2v) is 7.09. The molecule has 4 heteroatoms. The Hall–Kier alpha value is -1.16. The van der Waals surface area contributed by atoms with Crippen LogP contribution in [0.2, 0.25) is 0 Å². The average Bonchev–Trinajstić information content (AvgIpc) is 3.00. The van der Waals surface area contributed by atoms with Gasteiger partial charge in [0.1, 0.15) is 0 Å². The lowest BCUT2D eigenvalue weighted by molar-refractivity contribution is 0.369. The van der Waals surface area contributed by atoms with Gasteiger partial charge in [-0.05, 0) is 25.5 Å². The molecule has 19 heavy (non-hydrogen) atoms. The van der Waals surface area contributed by atoms with E-state index in [1.54, 1.807) is 0 Å². The van der Waals surface area contributed by atoms with Gasteiger partial charge in [0.2, 0.25) is 5.95 Å². The highest BCUT2D eigenvalue weighted by atomic mass is 15.3. The third-order valence-corrected chi connectivity index (χ3v) is 4.46. The quantitative estimate of drug-likeness (QED) is 0.838. The summed E-state index contributed by atoms with van der Waals surface area (Å²) in [6.45, 7) is 11.1. The minimum Gasteiger partial charge on any atom is -0.340 e. The molecule has 1 N–H and O–H groups in total. The van der Waals surface area contributed by atoms with Crippen molar-refractivity contribution in [2.45, 2.75) is 39.0 Å². The maximum Gasteiger partial charge on any atom is 0.225 e. The van der Waals surface area contributed by atoms with Gasteiger partial charge in [-0.2, -0.15) is 0 Å². The molecule has 2 saturated heterocycles. The SMILES string of the molecule is CC(C)(C)c1ccnc(N2CCC3(CCNC3)C2)n1. The number of nitrogens with one attached hydrogen (secondary N) is 1. The number of anilines is 1. The number of hydrogen-bond donors (Lipinski definition) is 1.